The molecule has 1 rings (SSSR count). The van der Waals surface area contributed by atoms with Crippen molar-refractivity contribution in [3.63, 3.8) is 0 Å². The van der Waals surface area contributed by atoms with Gasteiger partial charge in [-0.1, -0.05) is 19.4 Å². The first kappa shape index (κ1) is 15.8. The van der Waals surface area contributed by atoms with Crippen LogP contribution >= 0.6 is 0 Å². The van der Waals surface area contributed by atoms with Crippen LogP contribution < -0.4 is 0 Å². The molecule has 0 aliphatic carbocycles. The average molecular weight is 288 g/mol. The van der Waals surface area contributed by atoms with Crippen LogP contribution in [0.3, 0.4) is 0 Å². The molecule has 0 radical (unpaired) electrons. The Bertz CT molecular complexity index is 390. The Morgan fingerprint density at radius 2 is 1.94 bits per heavy atom. The van der Waals surface area contributed by atoms with E-state index in [1.165, 1.54) is 18.2 Å². The van der Waals surface area contributed by atoms with Gasteiger partial charge in [-0.2, -0.15) is 0 Å². The van der Waals surface area contributed by atoms with Gasteiger partial charge >= 0.3 is 11.9 Å². The van der Waals surface area contributed by atoms with Crippen molar-refractivity contribution in [1.82, 2.24) is 0 Å². The summed E-state index contributed by atoms with van der Waals surface area (Å²) in [7, 11) is 0. The molecule has 0 amide bonds. The minimum absolute atomic E-state index is 0. The maximum atomic E-state index is 11.5. The summed E-state index contributed by atoms with van der Waals surface area (Å²) in [5, 5.41) is 8.75. The second kappa shape index (κ2) is 7.96. The van der Waals surface area contributed by atoms with Crippen LogP contribution in [0.25, 0.3) is 0 Å². The van der Waals surface area contributed by atoms with E-state index in [0.717, 1.165) is 12.8 Å². The zero-order valence-corrected chi connectivity index (χ0v) is 12.8. The van der Waals surface area contributed by atoms with Crippen molar-refractivity contribution in [1.29, 1.82) is 0 Å². The third-order valence-electron chi connectivity index (χ3n) is 2.08. The minimum Gasteiger partial charge on any atom is -0.478 e. The second-order valence-electron chi connectivity index (χ2n) is 3.38. The Balaban J connectivity index is 0.00000256. The van der Waals surface area contributed by atoms with Gasteiger partial charge in [0, 0.05) is 19.5 Å². The Hall–Kier alpha value is -1.22. The quantitative estimate of drug-likeness (QED) is 0.513. The number of rotatable bonds is 5. The molecule has 0 aliphatic heterocycles. The van der Waals surface area contributed by atoms with Crippen molar-refractivity contribution in [2.24, 2.45) is 0 Å². The molecule has 1 N–H and O–H groups in total. The fourth-order valence-electron chi connectivity index (χ4n) is 1.17. The van der Waals surface area contributed by atoms with E-state index < -0.39 is 11.9 Å². The summed E-state index contributed by atoms with van der Waals surface area (Å²) in [5.41, 5.74) is 0.362. The van der Waals surface area contributed by atoms with Crippen LogP contribution in [0.1, 0.15) is 40.5 Å². The number of carbonyl (C=O) groups is 2. The van der Waals surface area contributed by atoms with E-state index in [9.17, 15) is 9.59 Å². The van der Waals surface area contributed by atoms with Crippen molar-refractivity contribution in [3.05, 3.63) is 35.4 Å². The van der Waals surface area contributed by atoms with Gasteiger partial charge < -0.3 is 9.84 Å². The first-order chi connectivity index (χ1) is 7.65. The molecule has 0 bridgehead atoms. The van der Waals surface area contributed by atoms with Crippen LogP contribution in [-0.4, -0.2) is 23.7 Å². The molecule has 0 aliphatic rings. The van der Waals surface area contributed by atoms with Gasteiger partial charge in [-0.3, -0.25) is 0 Å². The molecule has 1 aromatic rings. The van der Waals surface area contributed by atoms with E-state index in [2.05, 4.69) is 0 Å². The maximum Gasteiger partial charge on any atom is 0.338 e. The summed E-state index contributed by atoms with van der Waals surface area (Å²) < 4.78 is 4.97. The van der Waals surface area contributed by atoms with E-state index in [1.807, 2.05) is 6.92 Å². The zero-order valence-electron chi connectivity index (χ0n) is 9.81. The molecule has 0 heterocycles. The molecular formula is C12H14O4Zn. The number of carboxylic acids is 1. The summed E-state index contributed by atoms with van der Waals surface area (Å²) in [6.07, 6.45) is 1.76. The van der Waals surface area contributed by atoms with Crippen molar-refractivity contribution in [3.8, 4) is 0 Å². The Morgan fingerprint density at radius 3 is 2.53 bits per heavy atom. The van der Waals surface area contributed by atoms with Crippen LogP contribution in [0.2, 0.25) is 0 Å². The van der Waals surface area contributed by atoms with Crippen molar-refractivity contribution in [2.45, 2.75) is 19.8 Å². The van der Waals surface area contributed by atoms with Crippen molar-refractivity contribution >= 4 is 11.9 Å². The molecule has 1 aromatic carbocycles. The first-order valence-corrected chi connectivity index (χ1v) is 5.15. The molecule has 5 heteroatoms. The van der Waals surface area contributed by atoms with Gasteiger partial charge in [0.15, 0.2) is 0 Å². The molecule has 0 saturated carbocycles. The molecule has 0 aromatic heterocycles. The summed E-state index contributed by atoms with van der Waals surface area (Å²) in [4.78, 5) is 22.2. The monoisotopic (exact) mass is 286 g/mol. The van der Waals surface area contributed by atoms with E-state index in [4.69, 9.17) is 9.84 Å². The molecule has 0 spiro atoms. The Morgan fingerprint density at radius 1 is 1.29 bits per heavy atom. The molecule has 88 valence electrons. The zero-order chi connectivity index (χ0) is 12.0. The SMILES string of the molecule is CCCCOC(=O)c1cccc(C(=O)O)c1.[Zn]. The van der Waals surface area contributed by atoms with Crippen LogP contribution in [0, 0.1) is 0 Å². The minimum atomic E-state index is -1.05. The fourth-order valence-corrected chi connectivity index (χ4v) is 1.17. The molecule has 0 saturated heterocycles. The number of unbranched alkanes of at least 4 members (excludes halogenated alkanes) is 1. The Labute approximate surface area is 113 Å². The van der Waals surface area contributed by atoms with E-state index in [1.54, 1.807) is 6.07 Å². The fraction of sp³-hybridized carbons (Fsp3) is 0.333. The molecule has 0 unspecified atom stereocenters. The van der Waals surface area contributed by atoms with Crippen LogP contribution in [0.4, 0.5) is 0 Å². The van der Waals surface area contributed by atoms with E-state index in [-0.39, 0.29) is 30.6 Å². The van der Waals surface area contributed by atoms with Crippen molar-refractivity contribution in [2.75, 3.05) is 6.61 Å². The predicted octanol–water partition coefficient (Wildman–Crippen LogP) is 2.34. The first-order valence-electron chi connectivity index (χ1n) is 5.15. The van der Waals surface area contributed by atoms with Crippen LogP contribution in [0.5, 0.6) is 0 Å². The van der Waals surface area contributed by atoms with Crippen LogP contribution in [0.15, 0.2) is 24.3 Å². The molecular weight excluding hydrogens is 274 g/mol. The van der Waals surface area contributed by atoms with Gasteiger partial charge in [-0.15, -0.1) is 0 Å². The molecule has 0 atom stereocenters. The van der Waals surface area contributed by atoms with Gasteiger partial charge in [0.25, 0.3) is 0 Å². The molecule has 17 heavy (non-hydrogen) atoms. The number of aromatic carboxylic acids is 1. The summed E-state index contributed by atoms with van der Waals surface area (Å²) in [6.45, 7) is 2.37. The van der Waals surface area contributed by atoms with Gasteiger partial charge in [0.05, 0.1) is 17.7 Å². The second-order valence-corrected chi connectivity index (χ2v) is 3.38. The van der Waals surface area contributed by atoms with Crippen LogP contribution in [-0.2, 0) is 24.2 Å². The predicted molar refractivity (Wildman–Crippen MR) is 58.6 cm³/mol. The normalized spacial score (nSPS) is 9.24. The number of ether oxygens (including phenoxy) is 1. The number of hydrogen-bond acceptors (Lipinski definition) is 3. The number of esters is 1. The average Bonchev–Trinajstić information content (AvgIpc) is 2.29. The van der Waals surface area contributed by atoms with E-state index >= 15 is 0 Å². The van der Waals surface area contributed by atoms with Gasteiger partial charge in [-0.25, -0.2) is 9.59 Å². The van der Waals surface area contributed by atoms with Gasteiger partial charge in [0.1, 0.15) is 0 Å². The standard InChI is InChI=1S/C12H14O4.Zn/c1-2-3-7-16-12(15)10-6-4-5-9(8-10)11(13)14;/h4-6,8H,2-3,7H2,1H3,(H,13,14);. The largest absolute Gasteiger partial charge is 0.478 e. The molecule has 4 nitrogen and oxygen atoms in total. The topological polar surface area (TPSA) is 63.6 Å². The smallest absolute Gasteiger partial charge is 0.338 e. The summed E-state index contributed by atoms with van der Waals surface area (Å²) >= 11 is 0. The maximum absolute atomic E-state index is 11.5. The number of hydrogen-bond donors (Lipinski definition) is 1. The summed E-state index contributed by atoms with van der Waals surface area (Å²) in [5.74, 6) is -1.53. The molecule has 0 fully saturated rings. The van der Waals surface area contributed by atoms with Gasteiger partial charge in [-0.05, 0) is 24.6 Å². The number of benzene rings is 1. The number of carboxylic acid groups (broad SMARTS) is 1. The summed E-state index contributed by atoms with van der Waals surface area (Å²) in [6, 6.07) is 5.82. The van der Waals surface area contributed by atoms with Crippen molar-refractivity contribution < 1.29 is 38.9 Å². The third kappa shape index (κ3) is 5.09. The number of carbonyl (C=O) groups excluding carboxylic acids is 1. The van der Waals surface area contributed by atoms with Gasteiger partial charge in [0.2, 0.25) is 0 Å². The third-order valence-corrected chi connectivity index (χ3v) is 2.08. The van der Waals surface area contributed by atoms with E-state index in [0.29, 0.717) is 6.61 Å². The Kier molecular flexibility index (Phi) is 7.39.